The molecule has 0 unspecified atom stereocenters. The maximum absolute atomic E-state index is 12.9. The number of carbonyl (C=O) groups excluding carboxylic acids is 1. The number of benzene rings is 3. The number of alkyl halides is 3. The Kier molecular flexibility index (Phi) is 6.95. The summed E-state index contributed by atoms with van der Waals surface area (Å²) in [4.78, 5) is 12.3. The molecule has 0 radical (unpaired) electrons. The van der Waals surface area contributed by atoms with Crippen LogP contribution in [-0.4, -0.2) is 43.7 Å². The Bertz CT molecular complexity index is 1190. The number of nitrogens with one attached hydrogen (secondary N) is 2. The van der Waals surface area contributed by atoms with E-state index in [1.54, 1.807) is 0 Å². The molecule has 6 nitrogen and oxygen atoms in total. The first-order chi connectivity index (χ1) is 17.4. The Hall–Kier alpha value is -3.40. The van der Waals surface area contributed by atoms with Gasteiger partial charge in [0.25, 0.3) is 0 Å². The summed E-state index contributed by atoms with van der Waals surface area (Å²) >= 11 is 0. The summed E-state index contributed by atoms with van der Waals surface area (Å²) in [7, 11) is 0. The summed E-state index contributed by atoms with van der Waals surface area (Å²) in [6.45, 7) is 1.17. The van der Waals surface area contributed by atoms with Crippen LogP contribution in [0, 0.1) is 0 Å². The SMILES string of the molecule is O=C(Nc1cccc(C(F)(F)F)c1)O[C@@H]1CO[C@H]2[C@@H]1OC[C@@H]2NCc1ccc(-c2ccccc2)cc1. The van der Waals surface area contributed by atoms with Crippen LogP contribution in [0.25, 0.3) is 11.1 Å². The third-order valence-corrected chi connectivity index (χ3v) is 6.33. The Balaban J connectivity index is 1.12. The van der Waals surface area contributed by atoms with Crippen LogP contribution < -0.4 is 10.6 Å². The fourth-order valence-corrected chi connectivity index (χ4v) is 4.49. The van der Waals surface area contributed by atoms with Crippen molar-refractivity contribution in [2.24, 2.45) is 0 Å². The average molecular weight is 499 g/mol. The van der Waals surface area contributed by atoms with Crippen molar-refractivity contribution in [2.45, 2.75) is 37.1 Å². The highest BCUT2D eigenvalue weighted by atomic mass is 19.4. The maximum Gasteiger partial charge on any atom is 0.416 e. The van der Waals surface area contributed by atoms with Gasteiger partial charge in [0.1, 0.15) is 12.2 Å². The molecule has 3 aromatic rings. The maximum atomic E-state index is 12.9. The molecule has 0 spiro atoms. The summed E-state index contributed by atoms with van der Waals surface area (Å²) in [6, 6.07) is 22.7. The van der Waals surface area contributed by atoms with Crippen molar-refractivity contribution in [3.05, 3.63) is 90.0 Å². The van der Waals surface area contributed by atoms with Gasteiger partial charge in [-0.1, -0.05) is 60.7 Å². The molecule has 1 amide bonds. The Morgan fingerprint density at radius 1 is 0.889 bits per heavy atom. The Morgan fingerprint density at radius 3 is 2.36 bits per heavy atom. The zero-order valence-corrected chi connectivity index (χ0v) is 19.2. The first-order valence-corrected chi connectivity index (χ1v) is 11.6. The second-order valence-electron chi connectivity index (χ2n) is 8.79. The van der Waals surface area contributed by atoms with E-state index in [0.29, 0.717) is 13.2 Å². The summed E-state index contributed by atoms with van der Waals surface area (Å²) in [5, 5.41) is 5.80. The molecular formula is C27H25F3N2O4. The van der Waals surface area contributed by atoms with Crippen LogP contribution in [-0.2, 0) is 26.9 Å². The second-order valence-corrected chi connectivity index (χ2v) is 8.79. The summed E-state index contributed by atoms with van der Waals surface area (Å²) in [5.74, 6) is 0. The van der Waals surface area contributed by atoms with E-state index in [4.69, 9.17) is 14.2 Å². The Labute approximate surface area is 206 Å². The monoisotopic (exact) mass is 498 g/mol. The number of hydrogen-bond donors (Lipinski definition) is 2. The molecule has 0 bridgehead atoms. The molecule has 0 aliphatic carbocycles. The summed E-state index contributed by atoms with van der Waals surface area (Å²) in [5.41, 5.74) is 2.56. The molecule has 9 heteroatoms. The predicted molar refractivity (Wildman–Crippen MR) is 127 cm³/mol. The van der Waals surface area contributed by atoms with Gasteiger partial charge in [-0.25, -0.2) is 4.79 Å². The van der Waals surface area contributed by atoms with Gasteiger partial charge in [0.05, 0.1) is 24.8 Å². The molecule has 2 heterocycles. The molecule has 0 saturated carbocycles. The van der Waals surface area contributed by atoms with Crippen molar-refractivity contribution in [1.29, 1.82) is 0 Å². The van der Waals surface area contributed by atoms with E-state index in [1.807, 2.05) is 18.2 Å². The number of anilines is 1. The van der Waals surface area contributed by atoms with E-state index < -0.39 is 30.0 Å². The van der Waals surface area contributed by atoms with E-state index >= 15 is 0 Å². The van der Waals surface area contributed by atoms with Crippen molar-refractivity contribution in [3.8, 4) is 11.1 Å². The molecule has 0 aromatic heterocycles. The molecule has 2 N–H and O–H groups in total. The number of carbonyl (C=O) groups is 1. The minimum absolute atomic E-state index is 0.00421. The van der Waals surface area contributed by atoms with Crippen molar-refractivity contribution in [3.63, 3.8) is 0 Å². The molecule has 3 aromatic carbocycles. The molecule has 2 aliphatic rings. The smallest absolute Gasteiger partial charge is 0.416 e. The van der Waals surface area contributed by atoms with E-state index in [9.17, 15) is 18.0 Å². The lowest BCUT2D eigenvalue weighted by atomic mass is 10.0. The van der Waals surface area contributed by atoms with Crippen molar-refractivity contribution in [1.82, 2.24) is 5.32 Å². The van der Waals surface area contributed by atoms with Gasteiger partial charge in [0.2, 0.25) is 0 Å². The highest BCUT2D eigenvalue weighted by Gasteiger charge is 2.49. The van der Waals surface area contributed by atoms with Gasteiger partial charge in [0.15, 0.2) is 6.10 Å². The Morgan fingerprint density at radius 2 is 1.61 bits per heavy atom. The zero-order valence-electron chi connectivity index (χ0n) is 19.2. The van der Waals surface area contributed by atoms with E-state index in [-0.39, 0.29) is 24.4 Å². The second kappa shape index (κ2) is 10.3. The van der Waals surface area contributed by atoms with Crippen LogP contribution in [0.4, 0.5) is 23.7 Å². The highest BCUT2D eigenvalue weighted by molar-refractivity contribution is 5.84. The lowest BCUT2D eigenvalue weighted by molar-refractivity contribution is -0.137. The standard InChI is InChI=1S/C27H25F3N2O4/c28-27(29,30)20-7-4-8-21(13-20)32-26(33)36-23-16-35-24-22(15-34-25(23)24)31-14-17-9-11-19(12-10-17)18-5-2-1-3-6-18/h1-13,22-25,31H,14-16H2,(H,32,33)/t22-,23+,24+,25+/m0/s1. The van der Waals surface area contributed by atoms with Gasteiger partial charge in [0, 0.05) is 12.2 Å². The lowest BCUT2D eigenvalue weighted by Crippen LogP contribution is -2.41. The third kappa shape index (κ3) is 5.53. The number of amides is 1. The van der Waals surface area contributed by atoms with Gasteiger partial charge in [-0.3, -0.25) is 5.32 Å². The molecule has 36 heavy (non-hydrogen) atoms. The largest absolute Gasteiger partial charge is 0.441 e. The number of hydrogen-bond acceptors (Lipinski definition) is 5. The number of halogens is 3. The van der Waals surface area contributed by atoms with E-state index in [1.165, 1.54) is 12.1 Å². The minimum Gasteiger partial charge on any atom is -0.441 e. The van der Waals surface area contributed by atoms with E-state index in [2.05, 4.69) is 47.0 Å². The van der Waals surface area contributed by atoms with Crippen LogP contribution in [0.1, 0.15) is 11.1 Å². The van der Waals surface area contributed by atoms with Gasteiger partial charge in [-0.2, -0.15) is 13.2 Å². The van der Waals surface area contributed by atoms with Crippen LogP contribution >= 0.6 is 0 Å². The van der Waals surface area contributed by atoms with Gasteiger partial charge >= 0.3 is 12.3 Å². The predicted octanol–water partition coefficient (Wildman–Crippen LogP) is 5.25. The number of rotatable bonds is 6. The van der Waals surface area contributed by atoms with Gasteiger partial charge < -0.3 is 19.5 Å². The summed E-state index contributed by atoms with van der Waals surface area (Å²) < 4.78 is 55.8. The van der Waals surface area contributed by atoms with Crippen LogP contribution in [0.15, 0.2) is 78.9 Å². The molecule has 2 aliphatic heterocycles. The third-order valence-electron chi connectivity index (χ3n) is 6.33. The fourth-order valence-electron chi connectivity index (χ4n) is 4.49. The molecule has 2 saturated heterocycles. The van der Waals surface area contributed by atoms with Crippen molar-refractivity contribution in [2.75, 3.05) is 18.5 Å². The van der Waals surface area contributed by atoms with Crippen LogP contribution in [0.3, 0.4) is 0 Å². The molecule has 2 fully saturated rings. The minimum atomic E-state index is -4.50. The molecular weight excluding hydrogens is 473 g/mol. The van der Waals surface area contributed by atoms with Crippen molar-refractivity contribution < 1.29 is 32.2 Å². The van der Waals surface area contributed by atoms with E-state index in [0.717, 1.165) is 28.8 Å². The zero-order chi connectivity index (χ0) is 25.1. The normalized spacial score (nSPS) is 23.3. The average Bonchev–Trinajstić information content (AvgIpc) is 3.46. The van der Waals surface area contributed by atoms with Gasteiger partial charge in [-0.05, 0) is 34.9 Å². The quantitative estimate of drug-likeness (QED) is 0.486. The highest BCUT2D eigenvalue weighted by Crippen LogP contribution is 2.32. The van der Waals surface area contributed by atoms with Crippen molar-refractivity contribution >= 4 is 11.8 Å². The first-order valence-electron chi connectivity index (χ1n) is 11.6. The molecule has 5 rings (SSSR count). The molecule has 188 valence electrons. The van der Waals surface area contributed by atoms with Gasteiger partial charge in [-0.15, -0.1) is 0 Å². The molecule has 4 atom stereocenters. The number of ether oxygens (including phenoxy) is 3. The fraction of sp³-hybridized carbons (Fsp3) is 0.296. The van der Waals surface area contributed by atoms with Crippen LogP contribution in [0.2, 0.25) is 0 Å². The van der Waals surface area contributed by atoms with Crippen LogP contribution in [0.5, 0.6) is 0 Å². The summed E-state index contributed by atoms with van der Waals surface area (Å²) in [6.07, 6.45) is -6.76. The topological polar surface area (TPSA) is 68.8 Å². The lowest BCUT2D eigenvalue weighted by Gasteiger charge is -2.18. The number of fused-ring (bicyclic) bond motifs is 1. The first kappa shape index (κ1) is 24.3.